The van der Waals surface area contributed by atoms with Crippen LogP contribution in [-0.4, -0.2) is 62.4 Å². The van der Waals surface area contributed by atoms with Crippen LogP contribution in [0.5, 0.6) is 11.5 Å². The molecule has 0 aliphatic heterocycles. The molecule has 2 heterocycles. The van der Waals surface area contributed by atoms with Crippen molar-refractivity contribution in [3.63, 3.8) is 0 Å². The molecule has 166 valence electrons. The Morgan fingerprint density at radius 1 is 1.19 bits per heavy atom. The fraction of sp³-hybridized carbons (Fsp3) is 0.261. The van der Waals surface area contributed by atoms with Gasteiger partial charge in [0.1, 0.15) is 15.6 Å². The molecular weight excluding hydrogens is 428 g/mol. The van der Waals surface area contributed by atoms with E-state index < -0.39 is 0 Å². The highest BCUT2D eigenvalue weighted by atomic mass is 32.1. The van der Waals surface area contributed by atoms with Crippen LogP contribution < -0.4 is 14.8 Å². The molecule has 0 fully saturated rings. The van der Waals surface area contributed by atoms with Crippen molar-refractivity contribution in [3.05, 3.63) is 47.5 Å². The highest BCUT2D eigenvalue weighted by Crippen LogP contribution is 2.40. The van der Waals surface area contributed by atoms with Crippen LogP contribution in [0.3, 0.4) is 0 Å². The monoisotopic (exact) mass is 452 g/mol. The zero-order valence-electron chi connectivity index (χ0n) is 18.3. The van der Waals surface area contributed by atoms with Crippen molar-refractivity contribution in [2.75, 3.05) is 41.4 Å². The maximum absolute atomic E-state index is 12.4. The van der Waals surface area contributed by atoms with Crippen LogP contribution in [0.2, 0.25) is 0 Å². The number of fused-ring (bicyclic) bond motifs is 1. The van der Waals surface area contributed by atoms with Gasteiger partial charge >= 0.3 is 0 Å². The van der Waals surface area contributed by atoms with Crippen LogP contribution in [0, 0.1) is 0 Å². The van der Waals surface area contributed by atoms with Crippen molar-refractivity contribution >= 4 is 28.2 Å². The second kappa shape index (κ2) is 9.37. The zero-order chi connectivity index (χ0) is 22.7. The summed E-state index contributed by atoms with van der Waals surface area (Å²) < 4.78 is 16.6. The fourth-order valence-electron chi connectivity index (χ4n) is 3.34. The van der Waals surface area contributed by atoms with Gasteiger partial charge in [-0.15, -0.1) is 11.3 Å². The molecule has 0 aliphatic rings. The van der Waals surface area contributed by atoms with Crippen LogP contribution in [0.25, 0.3) is 32.8 Å². The summed E-state index contributed by atoms with van der Waals surface area (Å²) in [7, 11) is 7.15. The molecule has 0 bridgehead atoms. The first-order valence-electron chi connectivity index (χ1n) is 10.0. The molecule has 0 atom stereocenters. The molecule has 4 aromatic rings. The van der Waals surface area contributed by atoms with Gasteiger partial charge < -0.3 is 24.2 Å². The van der Waals surface area contributed by atoms with E-state index in [1.54, 1.807) is 20.4 Å². The summed E-state index contributed by atoms with van der Waals surface area (Å²) in [5, 5.41) is 8.57. The number of amides is 1. The van der Waals surface area contributed by atoms with Gasteiger partial charge in [0.2, 0.25) is 0 Å². The molecule has 0 spiro atoms. The average molecular weight is 453 g/mol. The molecule has 32 heavy (non-hydrogen) atoms. The third kappa shape index (κ3) is 4.30. The maximum Gasteiger partial charge on any atom is 0.263 e. The number of thiazole rings is 1. The van der Waals surface area contributed by atoms with Crippen LogP contribution >= 0.6 is 11.3 Å². The summed E-state index contributed by atoms with van der Waals surface area (Å²) in [6, 6.07) is 11.5. The van der Waals surface area contributed by atoms with E-state index >= 15 is 0 Å². The van der Waals surface area contributed by atoms with Gasteiger partial charge in [0.05, 0.1) is 25.8 Å². The molecule has 4 rings (SSSR count). The van der Waals surface area contributed by atoms with Crippen LogP contribution in [-0.2, 0) is 0 Å². The number of nitrogens with zero attached hydrogens (tertiary/aromatic N) is 3. The molecule has 2 aromatic carbocycles. The number of carbonyl (C=O) groups is 1. The Balaban J connectivity index is 1.61. The maximum atomic E-state index is 12.4. The highest BCUT2D eigenvalue weighted by Gasteiger charge is 2.18. The van der Waals surface area contributed by atoms with E-state index in [-0.39, 0.29) is 5.91 Å². The van der Waals surface area contributed by atoms with E-state index in [2.05, 4.69) is 15.5 Å². The highest BCUT2D eigenvalue weighted by molar-refractivity contribution is 7.17. The SMILES string of the molecule is COc1cccc(-c2ccc3c(-c4ncc(C(=O)NCCN(C)C)s4)noc3c2)c1OC. The Labute approximate surface area is 189 Å². The van der Waals surface area contributed by atoms with Crippen LogP contribution in [0.1, 0.15) is 9.67 Å². The van der Waals surface area contributed by atoms with Gasteiger partial charge in [-0.2, -0.15) is 0 Å². The molecule has 0 saturated carbocycles. The predicted molar refractivity (Wildman–Crippen MR) is 125 cm³/mol. The summed E-state index contributed by atoms with van der Waals surface area (Å²) in [5.41, 5.74) is 3.03. The minimum atomic E-state index is -0.143. The number of para-hydroxylation sites is 1. The normalized spacial score (nSPS) is 11.2. The largest absolute Gasteiger partial charge is 0.493 e. The molecule has 1 N–H and O–H groups in total. The minimum absolute atomic E-state index is 0.143. The lowest BCUT2D eigenvalue weighted by molar-refractivity contribution is 0.0955. The summed E-state index contributed by atoms with van der Waals surface area (Å²) in [6.07, 6.45) is 1.57. The van der Waals surface area contributed by atoms with E-state index in [4.69, 9.17) is 14.0 Å². The minimum Gasteiger partial charge on any atom is -0.493 e. The lowest BCUT2D eigenvalue weighted by atomic mass is 10.0. The van der Waals surface area contributed by atoms with Gasteiger partial charge in [-0.05, 0) is 37.9 Å². The number of methoxy groups -OCH3 is 2. The fourth-order valence-corrected chi connectivity index (χ4v) is 4.17. The van der Waals surface area contributed by atoms with Crippen molar-refractivity contribution in [3.8, 4) is 33.3 Å². The van der Waals surface area contributed by atoms with Gasteiger partial charge in [0, 0.05) is 18.7 Å². The summed E-state index contributed by atoms with van der Waals surface area (Å²) >= 11 is 1.29. The Kier molecular flexibility index (Phi) is 6.38. The average Bonchev–Trinajstić information content (AvgIpc) is 3.44. The quantitative estimate of drug-likeness (QED) is 0.433. The third-order valence-corrected chi connectivity index (χ3v) is 5.97. The van der Waals surface area contributed by atoms with Crippen LogP contribution in [0.4, 0.5) is 0 Å². The van der Waals surface area contributed by atoms with E-state index in [1.807, 2.05) is 55.4 Å². The molecule has 1 amide bonds. The van der Waals surface area contributed by atoms with Crippen molar-refractivity contribution in [2.45, 2.75) is 0 Å². The molecule has 0 aliphatic carbocycles. The molecule has 0 unspecified atom stereocenters. The smallest absolute Gasteiger partial charge is 0.263 e. The van der Waals surface area contributed by atoms with E-state index in [1.165, 1.54) is 11.3 Å². The van der Waals surface area contributed by atoms with E-state index in [0.717, 1.165) is 23.1 Å². The van der Waals surface area contributed by atoms with Crippen molar-refractivity contribution < 1.29 is 18.8 Å². The lowest BCUT2D eigenvalue weighted by Gasteiger charge is -2.12. The summed E-state index contributed by atoms with van der Waals surface area (Å²) in [4.78, 5) is 19.3. The third-order valence-electron chi connectivity index (χ3n) is 4.96. The lowest BCUT2D eigenvalue weighted by Crippen LogP contribution is -2.30. The van der Waals surface area contributed by atoms with Crippen molar-refractivity contribution in [1.29, 1.82) is 0 Å². The Morgan fingerprint density at radius 3 is 2.78 bits per heavy atom. The Bertz CT molecular complexity index is 1250. The molecule has 0 saturated heterocycles. The van der Waals surface area contributed by atoms with E-state index in [0.29, 0.717) is 39.2 Å². The number of likely N-dealkylation sites (N-methyl/N-ethyl adjacent to an activating group) is 1. The van der Waals surface area contributed by atoms with Crippen molar-refractivity contribution in [2.24, 2.45) is 0 Å². The number of hydrogen-bond donors (Lipinski definition) is 1. The predicted octanol–water partition coefficient (Wildman–Crippen LogP) is 3.93. The molecule has 2 aromatic heterocycles. The van der Waals surface area contributed by atoms with Crippen molar-refractivity contribution in [1.82, 2.24) is 20.4 Å². The van der Waals surface area contributed by atoms with E-state index in [9.17, 15) is 4.79 Å². The Morgan fingerprint density at radius 2 is 2.03 bits per heavy atom. The van der Waals surface area contributed by atoms with Gasteiger partial charge in [-0.25, -0.2) is 4.98 Å². The number of rotatable bonds is 8. The first kappa shape index (κ1) is 21.8. The molecule has 8 nitrogen and oxygen atoms in total. The number of aromatic nitrogens is 2. The summed E-state index contributed by atoms with van der Waals surface area (Å²) in [5.74, 6) is 1.16. The first-order valence-corrected chi connectivity index (χ1v) is 10.8. The number of ether oxygens (including phenoxy) is 2. The van der Waals surface area contributed by atoms with Gasteiger partial charge in [-0.1, -0.05) is 23.4 Å². The van der Waals surface area contributed by atoms with Gasteiger partial charge in [-0.3, -0.25) is 4.79 Å². The topological polar surface area (TPSA) is 89.7 Å². The number of hydrogen-bond acceptors (Lipinski definition) is 8. The second-order valence-electron chi connectivity index (χ2n) is 7.37. The molecule has 9 heteroatoms. The molecule has 0 radical (unpaired) electrons. The first-order chi connectivity index (χ1) is 15.5. The second-order valence-corrected chi connectivity index (χ2v) is 8.40. The summed E-state index contributed by atoms with van der Waals surface area (Å²) in [6.45, 7) is 1.34. The van der Waals surface area contributed by atoms with Gasteiger partial charge in [0.15, 0.2) is 17.1 Å². The van der Waals surface area contributed by atoms with Gasteiger partial charge in [0.25, 0.3) is 5.91 Å². The number of nitrogens with one attached hydrogen (secondary N) is 1. The zero-order valence-corrected chi connectivity index (χ0v) is 19.2. The standard InChI is InChI=1S/C23H24N4O4S/c1-27(2)11-10-24-22(28)19-13-25-23(32-19)20-16-9-8-14(12-18(16)31-26-20)15-6-5-7-17(29-3)21(15)30-4/h5-9,12-13H,10-11H2,1-4H3,(H,24,28). The Hall–Kier alpha value is -3.43. The van der Waals surface area contributed by atoms with Crippen LogP contribution in [0.15, 0.2) is 47.1 Å². The number of carbonyl (C=O) groups excluding carboxylic acids is 1. The number of benzene rings is 2. The molecular formula is C23H24N4O4S.